The first-order valence-corrected chi connectivity index (χ1v) is 9.20. The van der Waals surface area contributed by atoms with Crippen LogP contribution >= 0.6 is 17.0 Å². The molecule has 3 nitrogen and oxygen atoms in total. The lowest BCUT2D eigenvalue weighted by Gasteiger charge is -2.31. The Kier molecular flexibility index (Phi) is 7.09. The zero-order valence-electron chi connectivity index (χ0n) is 10.0. The van der Waals surface area contributed by atoms with Crippen molar-refractivity contribution in [3.05, 3.63) is 0 Å². The van der Waals surface area contributed by atoms with Gasteiger partial charge in [0.2, 0.25) is 11.5 Å². The second kappa shape index (κ2) is 6.89. The van der Waals surface area contributed by atoms with Gasteiger partial charge in [0.25, 0.3) is 0 Å². The van der Waals surface area contributed by atoms with Gasteiger partial charge in [0.1, 0.15) is 0 Å². The van der Waals surface area contributed by atoms with E-state index in [9.17, 15) is 4.79 Å². The molecule has 0 aromatic carbocycles. The topological polar surface area (TPSA) is 29.5 Å². The number of hydrogen-bond donors (Lipinski definition) is 0. The fraction of sp³-hybridized carbons (Fsp3) is 0.889. The van der Waals surface area contributed by atoms with Crippen LogP contribution in [0.1, 0.15) is 34.1 Å². The van der Waals surface area contributed by atoms with E-state index < -0.39 is 5.62 Å². The zero-order valence-corrected chi connectivity index (χ0v) is 12.5. The standard InChI is InChI=1S/C9H20NO2PS2/c1-6-8(3)15-13(14,12-7-2)10(5)9(4)11/h8H,6-7H2,1-5H3. The quantitative estimate of drug-likeness (QED) is 0.692. The summed E-state index contributed by atoms with van der Waals surface area (Å²) in [5.74, 6) is -0.0254. The molecule has 0 spiro atoms. The second-order valence-electron chi connectivity index (χ2n) is 3.25. The van der Waals surface area contributed by atoms with Gasteiger partial charge in [-0.25, -0.2) is 0 Å². The molecule has 6 heteroatoms. The molecule has 0 aliphatic heterocycles. The lowest BCUT2D eigenvalue weighted by Crippen LogP contribution is -2.21. The van der Waals surface area contributed by atoms with Crippen LogP contribution in [0.3, 0.4) is 0 Å². The Bertz CT molecular complexity index is 260. The van der Waals surface area contributed by atoms with Crippen LogP contribution in [0.5, 0.6) is 0 Å². The highest BCUT2D eigenvalue weighted by molar-refractivity contribution is 8.69. The van der Waals surface area contributed by atoms with Crippen LogP contribution in [-0.4, -0.2) is 29.5 Å². The molecule has 0 saturated heterocycles. The molecule has 0 aliphatic carbocycles. The molecule has 0 saturated carbocycles. The molecule has 0 aromatic heterocycles. The molecule has 0 aliphatic rings. The van der Waals surface area contributed by atoms with Crippen molar-refractivity contribution in [1.29, 1.82) is 0 Å². The maximum Gasteiger partial charge on any atom is 0.225 e. The maximum atomic E-state index is 11.3. The lowest BCUT2D eigenvalue weighted by atomic mass is 10.4. The molecule has 0 fully saturated rings. The van der Waals surface area contributed by atoms with Crippen molar-refractivity contribution in [3.8, 4) is 0 Å². The lowest BCUT2D eigenvalue weighted by molar-refractivity contribution is -0.123. The van der Waals surface area contributed by atoms with Gasteiger partial charge in [-0.1, -0.05) is 25.2 Å². The second-order valence-corrected chi connectivity index (χ2v) is 10.4. The first-order chi connectivity index (χ1) is 6.87. The Hall–Kier alpha value is 0.430. The molecule has 0 aromatic rings. The van der Waals surface area contributed by atoms with Crippen molar-refractivity contribution < 1.29 is 9.32 Å². The molecule has 2 atom stereocenters. The summed E-state index contributed by atoms with van der Waals surface area (Å²) in [7, 11) is 1.73. The minimum atomic E-state index is -2.21. The van der Waals surface area contributed by atoms with E-state index in [0.717, 1.165) is 6.42 Å². The Balaban J connectivity index is 4.73. The minimum Gasteiger partial charge on any atom is -0.327 e. The Morgan fingerprint density at radius 1 is 1.60 bits per heavy atom. The van der Waals surface area contributed by atoms with Crippen molar-refractivity contribution in [2.45, 2.75) is 39.4 Å². The Labute approximate surface area is 102 Å². The SMILES string of the molecule is CCOP(=S)(SC(C)CC)N(C)C(C)=O. The van der Waals surface area contributed by atoms with E-state index in [0.29, 0.717) is 11.9 Å². The number of hydrogen-bond acceptors (Lipinski definition) is 4. The van der Waals surface area contributed by atoms with Crippen molar-refractivity contribution in [2.75, 3.05) is 13.7 Å². The maximum absolute atomic E-state index is 11.3. The van der Waals surface area contributed by atoms with Crippen molar-refractivity contribution >= 4 is 34.7 Å². The van der Waals surface area contributed by atoms with Gasteiger partial charge >= 0.3 is 0 Å². The summed E-state index contributed by atoms with van der Waals surface area (Å²) in [6.45, 7) is 8.21. The van der Waals surface area contributed by atoms with E-state index >= 15 is 0 Å². The third kappa shape index (κ3) is 4.85. The van der Waals surface area contributed by atoms with Crippen LogP contribution in [0.15, 0.2) is 0 Å². The summed E-state index contributed by atoms with van der Waals surface area (Å²) in [5.41, 5.74) is -2.21. The molecule has 0 rings (SSSR count). The molecular formula is C9H20NO2PS2. The first-order valence-electron chi connectivity index (χ1n) is 5.05. The predicted octanol–water partition coefficient (Wildman–Crippen LogP) is 3.26. The van der Waals surface area contributed by atoms with Gasteiger partial charge in [-0.3, -0.25) is 9.46 Å². The van der Waals surface area contributed by atoms with Crippen molar-refractivity contribution in [1.82, 2.24) is 4.67 Å². The van der Waals surface area contributed by atoms with Crippen molar-refractivity contribution in [3.63, 3.8) is 0 Å². The van der Waals surface area contributed by atoms with Gasteiger partial charge in [-0.15, -0.1) is 0 Å². The highest BCUT2D eigenvalue weighted by Gasteiger charge is 2.28. The molecule has 90 valence electrons. The smallest absolute Gasteiger partial charge is 0.225 e. The van der Waals surface area contributed by atoms with Crippen LogP contribution < -0.4 is 0 Å². The van der Waals surface area contributed by atoms with Gasteiger partial charge in [-0.05, 0) is 25.2 Å². The number of rotatable bonds is 6. The van der Waals surface area contributed by atoms with Crippen LogP contribution in [-0.2, 0) is 21.1 Å². The number of nitrogens with zero attached hydrogens (tertiary/aromatic N) is 1. The average molecular weight is 269 g/mol. The molecule has 2 unspecified atom stereocenters. The van der Waals surface area contributed by atoms with E-state index in [1.807, 2.05) is 6.92 Å². The third-order valence-electron chi connectivity index (χ3n) is 2.00. The molecule has 0 N–H and O–H groups in total. The molecular weight excluding hydrogens is 249 g/mol. The van der Waals surface area contributed by atoms with Crippen LogP contribution in [0.25, 0.3) is 0 Å². The van der Waals surface area contributed by atoms with E-state index in [1.54, 1.807) is 23.1 Å². The Morgan fingerprint density at radius 2 is 2.13 bits per heavy atom. The van der Waals surface area contributed by atoms with Crippen molar-refractivity contribution in [2.24, 2.45) is 0 Å². The summed E-state index contributed by atoms with van der Waals surface area (Å²) < 4.78 is 7.20. The summed E-state index contributed by atoms with van der Waals surface area (Å²) in [5, 5.41) is 0.421. The zero-order chi connectivity index (χ0) is 12.1. The predicted molar refractivity (Wildman–Crippen MR) is 71.7 cm³/mol. The molecule has 0 radical (unpaired) electrons. The van der Waals surface area contributed by atoms with Gasteiger partial charge in [0.15, 0.2) is 0 Å². The number of carbonyl (C=O) groups excluding carboxylic acids is 1. The van der Waals surface area contributed by atoms with Gasteiger partial charge in [0, 0.05) is 19.2 Å². The highest BCUT2D eigenvalue weighted by Crippen LogP contribution is 2.64. The van der Waals surface area contributed by atoms with E-state index in [4.69, 9.17) is 16.3 Å². The normalized spacial score (nSPS) is 16.9. The summed E-state index contributed by atoms with van der Waals surface area (Å²) >= 11 is 7.12. The fourth-order valence-corrected chi connectivity index (χ4v) is 7.54. The first kappa shape index (κ1) is 15.4. The van der Waals surface area contributed by atoms with Crippen LogP contribution in [0, 0.1) is 0 Å². The third-order valence-corrected chi connectivity index (χ3v) is 9.32. The molecule has 0 bridgehead atoms. The van der Waals surface area contributed by atoms with E-state index in [1.165, 1.54) is 6.92 Å². The van der Waals surface area contributed by atoms with E-state index in [-0.39, 0.29) is 5.91 Å². The Morgan fingerprint density at radius 3 is 2.47 bits per heavy atom. The number of amides is 1. The van der Waals surface area contributed by atoms with E-state index in [2.05, 4.69) is 13.8 Å². The molecule has 1 amide bonds. The van der Waals surface area contributed by atoms with Gasteiger partial charge in [0.05, 0.1) is 6.61 Å². The number of carbonyl (C=O) groups is 1. The van der Waals surface area contributed by atoms with Gasteiger partial charge in [-0.2, -0.15) is 0 Å². The summed E-state index contributed by atoms with van der Waals surface area (Å²) in [6, 6.07) is 0. The summed E-state index contributed by atoms with van der Waals surface area (Å²) in [4.78, 5) is 11.3. The average Bonchev–Trinajstić information content (AvgIpc) is 2.16. The fourth-order valence-electron chi connectivity index (χ4n) is 0.825. The largest absolute Gasteiger partial charge is 0.327 e. The summed E-state index contributed by atoms with van der Waals surface area (Å²) in [6.07, 6.45) is 1.03. The monoisotopic (exact) mass is 269 g/mol. The van der Waals surface area contributed by atoms with Crippen LogP contribution in [0.4, 0.5) is 0 Å². The highest BCUT2D eigenvalue weighted by atomic mass is 32.9. The van der Waals surface area contributed by atoms with Gasteiger partial charge < -0.3 is 4.52 Å². The molecule has 15 heavy (non-hydrogen) atoms. The minimum absolute atomic E-state index is 0.0254. The van der Waals surface area contributed by atoms with Crippen LogP contribution in [0.2, 0.25) is 0 Å². The molecule has 0 heterocycles.